The third-order valence-corrected chi connectivity index (χ3v) is 7.52. The number of ether oxygens (including phenoxy) is 2. The Bertz CT molecular complexity index is 1410. The molecule has 2 atom stereocenters. The van der Waals surface area contributed by atoms with E-state index in [0.717, 1.165) is 12.2 Å². The van der Waals surface area contributed by atoms with Gasteiger partial charge in [-0.25, -0.2) is 0 Å². The van der Waals surface area contributed by atoms with Crippen molar-refractivity contribution in [3.63, 3.8) is 0 Å². The zero-order valence-electron chi connectivity index (χ0n) is 26.9. The van der Waals surface area contributed by atoms with Crippen molar-refractivity contribution in [2.24, 2.45) is 11.8 Å². The second-order valence-corrected chi connectivity index (χ2v) is 12.0. The summed E-state index contributed by atoms with van der Waals surface area (Å²) in [4.78, 5) is 76.4. The van der Waals surface area contributed by atoms with E-state index in [1.54, 1.807) is 36.4 Å². The van der Waals surface area contributed by atoms with Gasteiger partial charge in [-0.1, -0.05) is 53.0 Å². The van der Waals surface area contributed by atoms with Crippen LogP contribution in [0.2, 0.25) is 0 Å². The average molecular weight is 631 g/mol. The van der Waals surface area contributed by atoms with Gasteiger partial charge >= 0.3 is 11.9 Å². The molecule has 1 aliphatic carbocycles. The van der Waals surface area contributed by atoms with Crippen molar-refractivity contribution in [1.82, 2.24) is 10.6 Å². The van der Waals surface area contributed by atoms with Crippen molar-refractivity contribution >= 4 is 35.3 Å². The van der Waals surface area contributed by atoms with E-state index in [9.17, 15) is 28.8 Å². The molecular weight excluding hydrogens is 588 g/mol. The lowest BCUT2D eigenvalue weighted by Crippen LogP contribution is -2.28. The Labute approximate surface area is 269 Å². The van der Waals surface area contributed by atoms with Crippen molar-refractivity contribution in [3.8, 4) is 0 Å². The third-order valence-electron chi connectivity index (χ3n) is 7.52. The van der Waals surface area contributed by atoms with Gasteiger partial charge in [0.15, 0.2) is 11.6 Å². The lowest BCUT2D eigenvalue weighted by Gasteiger charge is -2.24. The summed E-state index contributed by atoms with van der Waals surface area (Å²) in [5.74, 6) is -3.56. The molecule has 0 aromatic heterocycles. The number of nitrogens with one attached hydrogen (secondary N) is 2. The van der Waals surface area contributed by atoms with Gasteiger partial charge < -0.3 is 20.1 Å². The number of hydrogen-bond acceptors (Lipinski definition) is 8. The maximum Gasteiger partial charge on any atom is 0.313 e. The fraction of sp³-hybridized carbons (Fsp3) is 0.389. The Morgan fingerprint density at radius 1 is 0.652 bits per heavy atom. The van der Waals surface area contributed by atoms with Gasteiger partial charge in [0.2, 0.25) is 11.8 Å². The molecule has 2 aromatic rings. The van der Waals surface area contributed by atoms with Crippen LogP contribution in [0.5, 0.6) is 0 Å². The first kappa shape index (κ1) is 35.6. The first-order valence-corrected chi connectivity index (χ1v) is 15.4. The molecule has 0 aliphatic heterocycles. The zero-order chi connectivity index (χ0) is 34.0. The minimum Gasteiger partial charge on any atom is -0.463 e. The van der Waals surface area contributed by atoms with Crippen LogP contribution in [-0.4, -0.2) is 61.6 Å². The average Bonchev–Trinajstić information content (AvgIpc) is 3.04. The Morgan fingerprint density at radius 2 is 1.02 bits per heavy atom. The van der Waals surface area contributed by atoms with Crippen LogP contribution in [0, 0.1) is 11.8 Å². The summed E-state index contributed by atoms with van der Waals surface area (Å²) in [6.45, 7) is 14.8. The Hall–Kier alpha value is -4.86. The first-order valence-electron chi connectivity index (χ1n) is 15.4. The van der Waals surface area contributed by atoms with Gasteiger partial charge in [-0.05, 0) is 72.2 Å². The summed E-state index contributed by atoms with van der Waals surface area (Å²) in [5.41, 5.74) is 1.92. The minimum absolute atomic E-state index is 0.0255. The molecule has 0 fully saturated rings. The van der Waals surface area contributed by atoms with E-state index in [0.29, 0.717) is 24.0 Å². The molecule has 3 rings (SSSR count). The molecule has 244 valence electrons. The fourth-order valence-electron chi connectivity index (χ4n) is 5.30. The molecule has 0 radical (unpaired) electrons. The second kappa shape index (κ2) is 16.5. The standard InChI is InChI=1S/C36H42N2O8/c1-7-31(39)37-13-15-45-35(43)27(17-21(3)4)23-9-11-25-29(19-23)33(41)26-12-10-24(20-30(26)34(25)42)28(18-22(5)6)36(44)46-16-14-38-32(40)8-2/h7-12,19-22,27-28H,1-2,13-18H2,3-6H3,(H,37,39)(H,38,40). The SMILES string of the molecule is C=CC(=O)NCCOC(=O)C(CC(C)C)c1ccc2c(c1)C(=O)c1ccc(C(CC(C)C)C(=O)OCCNC(=O)C=C)cc1C2=O. The quantitative estimate of drug-likeness (QED) is 0.135. The topological polar surface area (TPSA) is 145 Å². The summed E-state index contributed by atoms with van der Waals surface area (Å²) < 4.78 is 10.9. The van der Waals surface area contributed by atoms with Crippen LogP contribution in [0.1, 0.15) is 95.3 Å². The van der Waals surface area contributed by atoms with Gasteiger partial charge in [0.25, 0.3) is 0 Å². The number of amides is 2. The van der Waals surface area contributed by atoms with E-state index in [1.165, 1.54) is 0 Å². The number of carbonyl (C=O) groups is 6. The van der Waals surface area contributed by atoms with Gasteiger partial charge in [0.1, 0.15) is 13.2 Å². The summed E-state index contributed by atoms with van der Waals surface area (Å²) in [5, 5.41) is 5.10. The highest BCUT2D eigenvalue weighted by Crippen LogP contribution is 2.35. The summed E-state index contributed by atoms with van der Waals surface area (Å²) in [6.07, 6.45) is 3.16. The molecule has 0 heterocycles. The normalized spacial score (nSPS) is 13.3. The molecule has 0 saturated heterocycles. The maximum absolute atomic E-state index is 13.7. The van der Waals surface area contributed by atoms with Crippen molar-refractivity contribution in [3.05, 3.63) is 95.1 Å². The predicted molar refractivity (Wildman–Crippen MR) is 172 cm³/mol. The van der Waals surface area contributed by atoms with Crippen molar-refractivity contribution in [2.75, 3.05) is 26.3 Å². The third kappa shape index (κ3) is 9.09. The zero-order valence-corrected chi connectivity index (χ0v) is 26.9. The van der Waals surface area contributed by atoms with Crippen LogP contribution < -0.4 is 10.6 Å². The van der Waals surface area contributed by atoms with E-state index in [2.05, 4.69) is 23.8 Å². The highest BCUT2D eigenvalue weighted by Gasteiger charge is 2.34. The minimum atomic E-state index is -0.681. The Kier molecular flexibility index (Phi) is 12.7. The molecule has 1 aliphatic rings. The molecule has 10 nitrogen and oxygen atoms in total. The highest BCUT2D eigenvalue weighted by atomic mass is 16.5. The van der Waals surface area contributed by atoms with Crippen molar-refractivity contribution in [1.29, 1.82) is 0 Å². The van der Waals surface area contributed by atoms with Crippen LogP contribution >= 0.6 is 0 Å². The van der Waals surface area contributed by atoms with Crippen LogP contribution in [0.3, 0.4) is 0 Å². The first-order chi connectivity index (χ1) is 21.9. The van der Waals surface area contributed by atoms with Crippen LogP contribution in [-0.2, 0) is 28.7 Å². The number of rotatable bonds is 16. The molecule has 46 heavy (non-hydrogen) atoms. The van der Waals surface area contributed by atoms with Crippen molar-refractivity contribution in [2.45, 2.75) is 52.4 Å². The fourth-order valence-corrected chi connectivity index (χ4v) is 5.30. The van der Waals surface area contributed by atoms with Crippen molar-refractivity contribution < 1.29 is 38.2 Å². The second-order valence-electron chi connectivity index (χ2n) is 12.0. The Balaban J connectivity index is 1.86. The van der Waals surface area contributed by atoms with Crippen LogP contribution in [0.4, 0.5) is 0 Å². The van der Waals surface area contributed by atoms with E-state index in [4.69, 9.17) is 9.47 Å². The van der Waals surface area contributed by atoms with E-state index in [1.807, 2.05) is 27.7 Å². The number of carbonyl (C=O) groups excluding carboxylic acids is 6. The van der Waals surface area contributed by atoms with E-state index >= 15 is 0 Å². The maximum atomic E-state index is 13.7. The van der Waals surface area contributed by atoms with Gasteiger partial charge in [0, 0.05) is 22.3 Å². The smallest absolute Gasteiger partial charge is 0.313 e. The van der Waals surface area contributed by atoms with E-state index < -0.39 is 23.8 Å². The van der Waals surface area contributed by atoms with E-state index in [-0.39, 0.29) is 83.8 Å². The molecule has 0 saturated carbocycles. The molecular formula is C36H42N2O8. The van der Waals surface area contributed by atoms with Gasteiger partial charge in [-0.3, -0.25) is 28.8 Å². The molecule has 2 unspecified atom stereocenters. The van der Waals surface area contributed by atoms with Gasteiger partial charge in [0.05, 0.1) is 24.9 Å². The lowest BCUT2D eigenvalue weighted by molar-refractivity contribution is -0.146. The van der Waals surface area contributed by atoms with Crippen LogP contribution in [0.25, 0.3) is 0 Å². The highest BCUT2D eigenvalue weighted by molar-refractivity contribution is 6.28. The van der Waals surface area contributed by atoms with Gasteiger partial charge in [-0.2, -0.15) is 0 Å². The largest absolute Gasteiger partial charge is 0.463 e. The molecule has 2 amide bonds. The number of ketones is 2. The predicted octanol–water partition coefficient (Wildman–Crippen LogP) is 4.41. The van der Waals surface area contributed by atoms with Gasteiger partial charge in [-0.15, -0.1) is 0 Å². The Morgan fingerprint density at radius 3 is 1.35 bits per heavy atom. The van der Waals surface area contributed by atoms with Crippen LogP contribution in [0.15, 0.2) is 61.7 Å². The monoisotopic (exact) mass is 630 g/mol. The number of hydrogen-bond donors (Lipinski definition) is 2. The summed E-state index contributed by atoms with van der Waals surface area (Å²) >= 11 is 0. The summed E-state index contributed by atoms with van der Waals surface area (Å²) in [7, 11) is 0. The number of fused-ring (bicyclic) bond motifs is 2. The molecule has 2 N–H and O–H groups in total. The number of esters is 2. The molecule has 10 heteroatoms. The molecule has 0 spiro atoms. The lowest BCUT2D eigenvalue weighted by atomic mass is 9.79. The molecule has 2 aromatic carbocycles. The number of benzene rings is 2. The summed E-state index contributed by atoms with van der Waals surface area (Å²) in [6, 6.07) is 9.62. The molecule has 0 bridgehead atoms.